The third-order valence-corrected chi connectivity index (χ3v) is 5.61. The topological polar surface area (TPSA) is 73.3 Å². The molecule has 7 nitrogen and oxygen atoms in total. The van der Waals surface area contributed by atoms with E-state index in [0.717, 1.165) is 4.90 Å². The number of carbonyl (C=O) groups excluding carboxylic acids is 2. The second-order valence-corrected chi connectivity index (χ2v) is 7.43. The summed E-state index contributed by atoms with van der Waals surface area (Å²) in [5, 5.41) is 9.18. The Morgan fingerprint density at radius 3 is 2.32 bits per heavy atom. The maximum Gasteiger partial charge on any atom is 0.282 e. The lowest BCUT2D eigenvalue weighted by atomic mass is 10.0. The van der Waals surface area contributed by atoms with Gasteiger partial charge in [0, 0.05) is 32.7 Å². The van der Waals surface area contributed by atoms with Crippen molar-refractivity contribution in [3.05, 3.63) is 65.6 Å². The highest BCUT2D eigenvalue weighted by atomic mass is 19.1. The summed E-state index contributed by atoms with van der Waals surface area (Å²) in [6.45, 7) is 3.07. The molecule has 4 rings (SSSR count). The Hall–Kier alpha value is -3.23. The number of benzene rings is 2. The molecule has 1 N–H and O–H groups in total. The Kier molecular flexibility index (Phi) is 6.01. The van der Waals surface area contributed by atoms with Gasteiger partial charge in [0.2, 0.25) is 0 Å². The van der Waals surface area contributed by atoms with E-state index in [9.17, 15) is 19.1 Å². The van der Waals surface area contributed by atoms with E-state index in [1.54, 1.807) is 37.4 Å². The van der Waals surface area contributed by atoms with E-state index in [0.29, 0.717) is 55.3 Å². The van der Waals surface area contributed by atoms with Gasteiger partial charge >= 0.3 is 0 Å². The van der Waals surface area contributed by atoms with Crippen LogP contribution < -0.4 is 9.64 Å². The molecule has 0 bridgehead atoms. The lowest BCUT2D eigenvalue weighted by molar-refractivity contribution is -0.120. The van der Waals surface area contributed by atoms with Crippen LogP contribution in [0.25, 0.3) is 5.57 Å². The summed E-state index contributed by atoms with van der Waals surface area (Å²) in [6.07, 6.45) is 0. The van der Waals surface area contributed by atoms with Crippen LogP contribution in [0, 0.1) is 5.82 Å². The first-order chi connectivity index (χ1) is 15.0. The number of aliphatic hydroxyl groups excluding tert-OH is 1. The van der Waals surface area contributed by atoms with Crippen LogP contribution in [0.2, 0.25) is 0 Å². The van der Waals surface area contributed by atoms with Gasteiger partial charge in [-0.15, -0.1) is 0 Å². The first-order valence-electron chi connectivity index (χ1n) is 10.1. The number of aliphatic hydroxyl groups is 1. The molecule has 1 fully saturated rings. The van der Waals surface area contributed by atoms with Crippen LogP contribution in [-0.2, 0) is 9.59 Å². The van der Waals surface area contributed by atoms with Gasteiger partial charge in [-0.1, -0.05) is 18.2 Å². The molecule has 0 spiro atoms. The number of ether oxygens (including phenoxy) is 1. The molecular formula is C23H24FN3O4. The minimum atomic E-state index is -0.518. The predicted molar refractivity (Wildman–Crippen MR) is 114 cm³/mol. The minimum absolute atomic E-state index is 0.0740. The summed E-state index contributed by atoms with van der Waals surface area (Å²) in [6, 6.07) is 12.4. The van der Waals surface area contributed by atoms with Crippen LogP contribution in [0.15, 0.2) is 54.2 Å². The number of hydrogen-bond donors (Lipinski definition) is 1. The molecule has 162 valence electrons. The van der Waals surface area contributed by atoms with Gasteiger partial charge in [-0.2, -0.15) is 0 Å². The van der Waals surface area contributed by atoms with Gasteiger partial charge < -0.3 is 14.7 Å². The number of piperazine rings is 1. The van der Waals surface area contributed by atoms with E-state index in [-0.39, 0.29) is 12.3 Å². The largest absolute Gasteiger partial charge is 0.497 e. The second kappa shape index (κ2) is 8.87. The number of β-amino-alcohol motifs (C(OH)–C–C–N with tert-alkyl or cyclic N) is 1. The van der Waals surface area contributed by atoms with Crippen LogP contribution in [0.4, 0.5) is 10.1 Å². The van der Waals surface area contributed by atoms with E-state index in [2.05, 4.69) is 4.90 Å². The molecule has 1 saturated heterocycles. The summed E-state index contributed by atoms with van der Waals surface area (Å²) < 4.78 is 19.0. The zero-order valence-corrected chi connectivity index (χ0v) is 17.3. The molecule has 31 heavy (non-hydrogen) atoms. The van der Waals surface area contributed by atoms with Crippen molar-refractivity contribution in [2.75, 3.05) is 51.3 Å². The average Bonchev–Trinajstić information content (AvgIpc) is 3.04. The number of hydrogen-bond acceptors (Lipinski definition) is 6. The number of nitrogens with zero attached hydrogens (tertiary/aromatic N) is 3. The number of carbonyl (C=O) groups is 2. The first kappa shape index (κ1) is 21.0. The Bertz CT molecular complexity index is 1010. The molecule has 0 radical (unpaired) electrons. The molecule has 0 atom stereocenters. The highest BCUT2D eigenvalue weighted by Gasteiger charge is 2.43. The zero-order valence-electron chi connectivity index (χ0n) is 17.3. The molecular weight excluding hydrogens is 401 g/mol. The Balaban J connectivity index is 1.74. The zero-order chi connectivity index (χ0) is 22.0. The maximum absolute atomic E-state index is 13.8. The fraction of sp³-hybridized carbons (Fsp3) is 0.304. The summed E-state index contributed by atoms with van der Waals surface area (Å²) in [5.74, 6) is -0.817. The van der Waals surface area contributed by atoms with Gasteiger partial charge in [-0.05, 0) is 35.9 Å². The standard InChI is InChI=1S/C23H24FN3O4/c1-31-19-7-5-16(6-8-19)20-21(26-11-9-25(10-12-26)13-14-28)23(30)27(22(20)29)18-4-2-3-17(24)15-18/h2-8,15,28H,9-14H2,1H3. The van der Waals surface area contributed by atoms with Crippen molar-refractivity contribution >= 4 is 23.1 Å². The lowest BCUT2D eigenvalue weighted by Gasteiger charge is -2.36. The van der Waals surface area contributed by atoms with Crippen molar-refractivity contribution in [2.24, 2.45) is 0 Å². The summed E-state index contributed by atoms with van der Waals surface area (Å²) in [7, 11) is 1.56. The van der Waals surface area contributed by atoms with Crippen molar-refractivity contribution in [2.45, 2.75) is 0 Å². The molecule has 0 aromatic heterocycles. The molecule has 2 aromatic carbocycles. The third-order valence-electron chi connectivity index (χ3n) is 5.61. The molecule has 2 aliphatic rings. The third kappa shape index (κ3) is 4.04. The van der Waals surface area contributed by atoms with Gasteiger partial charge in [-0.25, -0.2) is 9.29 Å². The number of imide groups is 1. The maximum atomic E-state index is 13.8. The Morgan fingerprint density at radius 2 is 1.71 bits per heavy atom. The Labute approximate surface area is 179 Å². The van der Waals surface area contributed by atoms with Crippen molar-refractivity contribution in [1.82, 2.24) is 9.80 Å². The Morgan fingerprint density at radius 1 is 1.00 bits per heavy atom. The van der Waals surface area contributed by atoms with Crippen molar-refractivity contribution in [1.29, 1.82) is 0 Å². The number of rotatable bonds is 6. The highest BCUT2D eigenvalue weighted by Crippen LogP contribution is 2.35. The van der Waals surface area contributed by atoms with E-state index in [1.165, 1.54) is 18.2 Å². The number of anilines is 1. The molecule has 0 unspecified atom stereocenters. The van der Waals surface area contributed by atoms with E-state index < -0.39 is 17.6 Å². The van der Waals surface area contributed by atoms with E-state index in [1.807, 2.05) is 4.90 Å². The summed E-state index contributed by atoms with van der Waals surface area (Å²) in [4.78, 5) is 31.9. The average molecular weight is 425 g/mol. The first-order valence-corrected chi connectivity index (χ1v) is 10.1. The van der Waals surface area contributed by atoms with Crippen molar-refractivity contribution in [3.63, 3.8) is 0 Å². The van der Waals surface area contributed by atoms with E-state index >= 15 is 0 Å². The summed E-state index contributed by atoms with van der Waals surface area (Å²) >= 11 is 0. The van der Waals surface area contributed by atoms with Gasteiger partial charge in [0.05, 0.1) is 25.0 Å². The molecule has 0 aliphatic carbocycles. The molecule has 8 heteroatoms. The van der Waals surface area contributed by atoms with Crippen molar-refractivity contribution < 1.29 is 23.8 Å². The van der Waals surface area contributed by atoms with Crippen LogP contribution in [0.1, 0.15) is 5.56 Å². The van der Waals surface area contributed by atoms with Gasteiger partial charge in [0.1, 0.15) is 17.3 Å². The predicted octanol–water partition coefficient (Wildman–Crippen LogP) is 1.73. The van der Waals surface area contributed by atoms with Crippen LogP contribution in [0.5, 0.6) is 5.75 Å². The number of methoxy groups -OCH3 is 1. The molecule has 2 heterocycles. The highest BCUT2D eigenvalue weighted by molar-refractivity contribution is 6.45. The summed E-state index contributed by atoms with van der Waals surface area (Å²) in [5.41, 5.74) is 1.43. The number of halogens is 1. The fourth-order valence-corrected chi connectivity index (χ4v) is 4.02. The quantitative estimate of drug-likeness (QED) is 0.711. The molecule has 0 saturated carbocycles. The molecule has 2 aromatic rings. The van der Waals surface area contributed by atoms with Gasteiger partial charge in [0.15, 0.2) is 0 Å². The second-order valence-electron chi connectivity index (χ2n) is 7.43. The molecule has 2 amide bonds. The van der Waals surface area contributed by atoms with E-state index in [4.69, 9.17) is 4.74 Å². The minimum Gasteiger partial charge on any atom is -0.497 e. The SMILES string of the molecule is COc1ccc(C2=C(N3CCN(CCO)CC3)C(=O)N(c3cccc(F)c3)C2=O)cc1. The van der Waals surface area contributed by atoms with Gasteiger partial charge in [0.25, 0.3) is 11.8 Å². The number of amides is 2. The van der Waals surface area contributed by atoms with Crippen LogP contribution >= 0.6 is 0 Å². The molecule has 2 aliphatic heterocycles. The smallest absolute Gasteiger partial charge is 0.282 e. The van der Waals surface area contributed by atoms with Crippen molar-refractivity contribution in [3.8, 4) is 5.75 Å². The van der Waals surface area contributed by atoms with Crippen LogP contribution in [0.3, 0.4) is 0 Å². The fourth-order valence-electron chi connectivity index (χ4n) is 4.02. The van der Waals surface area contributed by atoms with Gasteiger partial charge in [-0.3, -0.25) is 14.5 Å². The lowest BCUT2D eigenvalue weighted by Crippen LogP contribution is -2.48. The monoisotopic (exact) mass is 425 g/mol. The normalized spacial score (nSPS) is 17.6. The van der Waals surface area contributed by atoms with Crippen LogP contribution in [-0.4, -0.2) is 73.2 Å².